The molecule has 6 heteroatoms. The highest BCUT2D eigenvalue weighted by molar-refractivity contribution is 6.31. The van der Waals surface area contributed by atoms with Crippen LogP contribution in [-0.2, 0) is 11.3 Å². The van der Waals surface area contributed by atoms with E-state index < -0.39 is 0 Å². The van der Waals surface area contributed by atoms with Gasteiger partial charge in [0.2, 0.25) is 5.91 Å². The topological polar surface area (TPSA) is 47.4 Å². The minimum Gasteiger partial charge on any atom is -0.494 e. The van der Waals surface area contributed by atoms with E-state index in [1.54, 1.807) is 0 Å². The molecule has 0 spiro atoms. The van der Waals surface area contributed by atoms with Crippen molar-refractivity contribution in [2.75, 3.05) is 18.1 Å². The molecule has 4 aromatic rings. The van der Waals surface area contributed by atoms with E-state index >= 15 is 0 Å². The predicted molar refractivity (Wildman–Crippen MR) is 142 cm³/mol. The van der Waals surface area contributed by atoms with Crippen LogP contribution in [0.2, 0.25) is 5.02 Å². The fourth-order valence-corrected chi connectivity index (χ4v) is 5.21. The third-order valence-corrected chi connectivity index (χ3v) is 7.23. The van der Waals surface area contributed by atoms with Crippen molar-refractivity contribution < 1.29 is 9.53 Å². The summed E-state index contributed by atoms with van der Waals surface area (Å²) in [6.07, 6.45) is 1.30. The smallest absolute Gasteiger partial charge is 0.227 e. The number of fused-ring (bicyclic) bond motifs is 1. The lowest BCUT2D eigenvalue weighted by atomic mass is 10.1. The molecule has 1 aliphatic rings. The van der Waals surface area contributed by atoms with Crippen LogP contribution in [0, 0.1) is 20.8 Å². The van der Waals surface area contributed by atoms with Crippen molar-refractivity contribution in [1.29, 1.82) is 0 Å². The predicted octanol–water partition coefficient (Wildman–Crippen LogP) is 6.60. The Morgan fingerprint density at radius 3 is 2.54 bits per heavy atom. The first-order chi connectivity index (χ1) is 16.9. The third-order valence-electron chi connectivity index (χ3n) is 6.81. The first-order valence-electron chi connectivity index (χ1n) is 12.1. The van der Waals surface area contributed by atoms with Gasteiger partial charge >= 0.3 is 0 Å². The van der Waals surface area contributed by atoms with Crippen LogP contribution >= 0.6 is 11.6 Å². The Balaban J connectivity index is 1.36. The number of halogens is 1. The van der Waals surface area contributed by atoms with Crippen molar-refractivity contribution in [2.45, 2.75) is 46.1 Å². The standard InChI is InChI=1S/C29H30ClN3O2/c1-19-8-6-9-20(2)28(19)33-18-22(17-27(33)34)29-31-25-10-4-5-11-26(25)32(29)14-7-15-35-23-12-13-24(30)21(3)16-23/h4-6,8-13,16,22H,7,14-15,17-18H2,1-3H3. The number of rotatable bonds is 7. The van der Waals surface area contributed by atoms with Crippen molar-refractivity contribution in [1.82, 2.24) is 9.55 Å². The van der Waals surface area contributed by atoms with E-state index in [4.69, 9.17) is 21.3 Å². The zero-order chi connectivity index (χ0) is 24.5. The first-order valence-corrected chi connectivity index (χ1v) is 12.5. The fourth-order valence-electron chi connectivity index (χ4n) is 5.09. The summed E-state index contributed by atoms with van der Waals surface area (Å²) in [5.41, 5.74) is 6.36. The van der Waals surface area contributed by atoms with E-state index in [1.165, 1.54) is 0 Å². The third kappa shape index (κ3) is 4.65. The number of hydrogen-bond donors (Lipinski definition) is 0. The molecule has 35 heavy (non-hydrogen) atoms. The van der Waals surface area contributed by atoms with Gasteiger partial charge in [-0.05, 0) is 74.2 Å². The van der Waals surface area contributed by atoms with Gasteiger partial charge in [-0.15, -0.1) is 0 Å². The maximum absolute atomic E-state index is 13.1. The Bertz CT molecular complexity index is 1370. The van der Waals surface area contributed by atoms with Crippen molar-refractivity contribution in [3.05, 3.63) is 88.2 Å². The molecule has 1 atom stereocenters. The fraction of sp³-hybridized carbons (Fsp3) is 0.310. The van der Waals surface area contributed by atoms with Gasteiger partial charge in [-0.3, -0.25) is 4.79 Å². The van der Waals surface area contributed by atoms with Crippen LogP contribution in [0.5, 0.6) is 5.75 Å². The maximum Gasteiger partial charge on any atom is 0.227 e. The van der Waals surface area contributed by atoms with Crippen LogP contribution in [0.4, 0.5) is 5.69 Å². The summed E-state index contributed by atoms with van der Waals surface area (Å²) in [6, 6.07) is 20.1. The van der Waals surface area contributed by atoms with E-state index in [9.17, 15) is 4.79 Å². The Kier molecular flexibility index (Phi) is 6.52. The first kappa shape index (κ1) is 23.4. The van der Waals surface area contributed by atoms with Crippen LogP contribution in [0.3, 0.4) is 0 Å². The zero-order valence-electron chi connectivity index (χ0n) is 20.4. The van der Waals surface area contributed by atoms with Crippen molar-refractivity contribution >= 4 is 34.2 Å². The number of aryl methyl sites for hydroxylation is 4. The average Bonchev–Trinajstić information content (AvgIpc) is 3.39. The average molecular weight is 488 g/mol. The maximum atomic E-state index is 13.1. The number of aromatic nitrogens is 2. The van der Waals surface area contributed by atoms with Gasteiger partial charge in [0.1, 0.15) is 11.6 Å². The SMILES string of the molecule is Cc1cc(OCCCn2c(C3CC(=O)N(c4c(C)cccc4C)C3)nc3ccccc32)ccc1Cl. The van der Waals surface area contributed by atoms with Gasteiger partial charge in [0.15, 0.2) is 0 Å². The summed E-state index contributed by atoms with van der Waals surface area (Å²) in [5, 5.41) is 0.743. The van der Waals surface area contributed by atoms with E-state index in [0.717, 1.165) is 63.0 Å². The number of ether oxygens (including phenoxy) is 1. The molecule has 1 amide bonds. The van der Waals surface area contributed by atoms with Crippen molar-refractivity contribution in [3.8, 4) is 5.75 Å². The van der Waals surface area contributed by atoms with Crippen LogP contribution < -0.4 is 9.64 Å². The second-order valence-electron chi connectivity index (χ2n) is 9.37. The van der Waals surface area contributed by atoms with Gasteiger partial charge in [-0.2, -0.15) is 0 Å². The summed E-state index contributed by atoms with van der Waals surface area (Å²) in [4.78, 5) is 20.1. The largest absolute Gasteiger partial charge is 0.494 e. The molecule has 0 saturated carbocycles. The van der Waals surface area contributed by atoms with Gasteiger partial charge in [0, 0.05) is 36.1 Å². The van der Waals surface area contributed by atoms with Gasteiger partial charge in [0.05, 0.1) is 17.6 Å². The lowest BCUT2D eigenvalue weighted by molar-refractivity contribution is -0.117. The number of nitrogens with zero attached hydrogens (tertiary/aromatic N) is 3. The number of para-hydroxylation sites is 3. The Morgan fingerprint density at radius 1 is 1.00 bits per heavy atom. The van der Waals surface area contributed by atoms with E-state index in [1.807, 2.05) is 54.3 Å². The number of benzene rings is 3. The van der Waals surface area contributed by atoms with E-state index in [0.29, 0.717) is 19.6 Å². The van der Waals surface area contributed by atoms with Crippen molar-refractivity contribution in [3.63, 3.8) is 0 Å². The van der Waals surface area contributed by atoms with Gasteiger partial charge < -0.3 is 14.2 Å². The van der Waals surface area contributed by atoms with Crippen LogP contribution in [0.1, 0.15) is 41.3 Å². The van der Waals surface area contributed by atoms with E-state index in [-0.39, 0.29) is 11.8 Å². The molecule has 5 rings (SSSR count). The van der Waals surface area contributed by atoms with Gasteiger partial charge in [-0.25, -0.2) is 4.98 Å². The molecule has 2 heterocycles. The molecule has 180 valence electrons. The second-order valence-corrected chi connectivity index (χ2v) is 9.78. The monoisotopic (exact) mass is 487 g/mol. The minimum absolute atomic E-state index is 0.0498. The van der Waals surface area contributed by atoms with Crippen molar-refractivity contribution in [2.24, 2.45) is 0 Å². The molecule has 1 fully saturated rings. The normalized spacial score (nSPS) is 15.8. The molecule has 0 bridgehead atoms. The lowest BCUT2D eigenvalue weighted by Crippen LogP contribution is -2.26. The molecule has 0 N–H and O–H groups in total. The molecule has 3 aromatic carbocycles. The summed E-state index contributed by atoms with van der Waals surface area (Å²) >= 11 is 6.13. The quantitative estimate of drug-likeness (QED) is 0.276. The van der Waals surface area contributed by atoms with Crippen LogP contribution in [0.15, 0.2) is 60.7 Å². The molecular weight excluding hydrogens is 458 g/mol. The highest BCUT2D eigenvalue weighted by Gasteiger charge is 2.35. The number of carbonyl (C=O) groups is 1. The highest BCUT2D eigenvalue weighted by Crippen LogP contribution is 2.36. The van der Waals surface area contributed by atoms with Gasteiger partial charge in [-0.1, -0.05) is 41.9 Å². The summed E-state index contributed by atoms with van der Waals surface area (Å²) in [5.74, 6) is 2.02. The summed E-state index contributed by atoms with van der Waals surface area (Å²) < 4.78 is 8.26. The summed E-state index contributed by atoms with van der Waals surface area (Å²) in [6.45, 7) is 8.13. The Hall–Kier alpha value is -3.31. The van der Waals surface area contributed by atoms with Gasteiger partial charge in [0.25, 0.3) is 0 Å². The highest BCUT2D eigenvalue weighted by atomic mass is 35.5. The van der Waals surface area contributed by atoms with E-state index in [2.05, 4.69) is 36.6 Å². The Morgan fingerprint density at radius 2 is 1.77 bits per heavy atom. The molecule has 0 aliphatic carbocycles. The molecule has 1 aromatic heterocycles. The molecule has 0 radical (unpaired) electrons. The number of anilines is 1. The number of imidazole rings is 1. The lowest BCUT2D eigenvalue weighted by Gasteiger charge is -2.21. The minimum atomic E-state index is 0.0498. The number of amides is 1. The second kappa shape index (κ2) is 9.74. The molecule has 1 unspecified atom stereocenters. The summed E-state index contributed by atoms with van der Waals surface area (Å²) in [7, 11) is 0. The van der Waals surface area contributed by atoms with Crippen LogP contribution in [-0.4, -0.2) is 28.6 Å². The number of hydrogen-bond acceptors (Lipinski definition) is 3. The number of carbonyl (C=O) groups excluding carboxylic acids is 1. The molecular formula is C29H30ClN3O2. The Labute approximate surface area is 211 Å². The zero-order valence-corrected chi connectivity index (χ0v) is 21.2. The molecule has 1 saturated heterocycles. The molecule has 1 aliphatic heterocycles. The van der Waals surface area contributed by atoms with Crippen LogP contribution in [0.25, 0.3) is 11.0 Å². The molecule has 5 nitrogen and oxygen atoms in total.